The van der Waals surface area contributed by atoms with E-state index in [0.717, 1.165) is 5.56 Å². The molecule has 32 heavy (non-hydrogen) atoms. The second-order valence-electron chi connectivity index (χ2n) is 6.00. The first-order valence-electron chi connectivity index (χ1n) is 9.65. The van der Waals surface area contributed by atoms with Crippen LogP contribution in [0.1, 0.15) is 29.8 Å². The van der Waals surface area contributed by atoms with E-state index in [4.69, 9.17) is 40.2 Å². The Morgan fingerprint density at radius 1 is 0.812 bits per heavy atom. The van der Waals surface area contributed by atoms with E-state index in [9.17, 15) is 14.4 Å². The first-order valence-corrected chi connectivity index (χ1v) is 10.8. The normalized spacial score (nSPS) is 9.62. The summed E-state index contributed by atoms with van der Waals surface area (Å²) in [5.74, 6) is -1.14. The van der Waals surface area contributed by atoms with E-state index < -0.39 is 5.97 Å². The van der Waals surface area contributed by atoms with E-state index in [2.05, 4.69) is 15.4 Å². The quantitative estimate of drug-likeness (QED) is 0.422. The molecule has 2 N–H and O–H groups in total. The zero-order chi connectivity index (χ0) is 23.9. The number of carbonyl (C=O) groups is 3. The average Bonchev–Trinajstić information content (AvgIpc) is 2.76. The lowest BCUT2D eigenvalue weighted by molar-refractivity contribution is -0.142. The van der Waals surface area contributed by atoms with Gasteiger partial charge < -0.3 is 20.1 Å². The smallest absolute Gasteiger partial charge is 0.325 e. The molecule has 0 aliphatic heterocycles. The highest BCUT2D eigenvalue weighted by molar-refractivity contribution is 7.80. The van der Waals surface area contributed by atoms with Gasteiger partial charge in [0.15, 0.2) is 0 Å². The van der Waals surface area contributed by atoms with Crippen LogP contribution in [0, 0.1) is 0 Å². The number of benzene rings is 2. The number of ether oxygens (including phenoxy) is 2. The van der Waals surface area contributed by atoms with Gasteiger partial charge in [0.05, 0.1) is 13.2 Å². The van der Waals surface area contributed by atoms with Gasteiger partial charge in [-0.2, -0.15) is 0 Å². The van der Waals surface area contributed by atoms with Crippen LogP contribution in [-0.4, -0.2) is 49.1 Å². The predicted octanol–water partition coefficient (Wildman–Crippen LogP) is 3.80. The summed E-state index contributed by atoms with van der Waals surface area (Å²) in [5.41, 5.74) is 1.20. The van der Waals surface area contributed by atoms with Crippen LogP contribution >= 0.6 is 35.4 Å². The van der Waals surface area contributed by atoms with Crippen molar-refractivity contribution in [2.45, 2.75) is 13.8 Å². The van der Waals surface area contributed by atoms with E-state index in [-0.39, 0.29) is 25.0 Å². The van der Waals surface area contributed by atoms with Crippen LogP contribution in [0.3, 0.4) is 0 Å². The van der Waals surface area contributed by atoms with Crippen molar-refractivity contribution in [1.29, 1.82) is 0 Å². The largest absolute Gasteiger partial charge is 0.465 e. The zero-order valence-corrected chi connectivity index (χ0v) is 20.0. The molecule has 10 heteroatoms. The molecule has 1 amide bonds. The first kappa shape index (κ1) is 27.4. The van der Waals surface area contributed by atoms with E-state index in [0.29, 0.717) is 33.8 Å². The van der Waals surface area contributed by atoms with Crippen molar-refractivity contribution in [2.75, 3.05) is 26.3 Å². The molecule has 2 rings (SSSR count). The van der Waals surface area contributed by atoms with E-state index >= 15 is 0 Å². The molecule has 2 aromatic rings. The van der Waals surface area contributed by atoms with Crippen LogP contribution in [-0.2, 0) is 19.1 Å². The molecule has 0 saturated carbocycles. The van der Waals surface area contributed by atoms with E-state index in [1.165, 1.54) is 6.07 Å². The third-order valence-corrected chi connectivity index (χ3v) is 4.42. The molecule has 0 aromatic heterocycles. The summed E-state index contributed by atoms with van der Waals surface area (Å²) < 4.78 is 9.44. The molecule has 0 radical (unpaired) electrons. The van der Waals surface area contributed by atoms with Crippen LogP contribution in [0.4, 0.5) is 0 Å². The summed E-state index contributed by atoms with van der Waals surface area (Å²) in [6, 6.07) is 13.6. The highest BCUT2D eigenvalue weighted by atomic mass is 35.5. The second-order valence-corrected chi connectivity index (χ2v) is 7.28. The molecule has 0 atom stereocenters. The van der Waals surface area contributed by atoms with Gasteiger partial charge in [-0.3, -0.25) is 14.4 Å². The highest BCUT2D eigenvalue weighted by Crippen LogP contribution is 2.11. The minimum absolute atomic E-state index is 0.0686. The predicted molar refractivity (Wildman–Crippen MR) is 128 cm³/mol. The summed E-state index contributed by atoms with van der Waals surface area (Å²) in [6.45, 7) is 4.05. The Morgan fingerprint density at radius 3 is 1.78 bits per heavy atom. The summed E-state index contributed by atoms with van der Waals surface area (Å²) >= 11 is 16.7. The number of hydrogen-bond acceptors (Lipinski definition) is 6. The Hall–Kier alpha value is -2.68. The molecule has 0 unspecified atom stereocenters. The standard InChI is InChI=1S/C11H12ClNO3.C11H12ClNO2S/c1-2-16-10(14)7-13-11(15)8-4-3-5-9(12)6-8;1-2-15-10(14)7-13-11(16)8-4-3-5-9(12)6-8/h3-6H,2,7H2,1H3,(H,13,15);3-6H,2,7H2,1H3,(H,13,16). The van der Waals surface area contributed by atoms with Crippen molar-refractivity contribution >= 4 is 58.3 Å². The number of halogens is 2. The maximum atomic E-state index is 11.5. The highest BCUT2D eigenvalue weighted by Gasteiger charge is 2.08. The number of rotatable bonds is 8. The van der Waals surface area contributed by atoms with Gasteiger partial charge >= 0.3 is 11.9 Å². The minimum Gasteiger partial charge on any atom is -0.465 e. The number of thiocarbonyl (C=S) groups is 1. The SMILES string of the molecule is CCOC(=O)CNC(=O)c1cccc(Cl)c1.CCOC(=O)CNC(=S)c1cccc(Cl)c1. The van der Waals surface area contributed by atoms with Gasteiger partial charge in [0.2, 0.25) is 0 Å². The fraction of sp³-hybridized carbons (Fsp3) is 0.273. The molecule has 0 aliphatic rings. The minimum atomic E-state index is -0.460. The maximum Gasteiger partial charge on any atom is 0.325 e. The van der Waals surface area contributed by atoms with Gasteiger partial charge in [-0.25, -0.2) is 0 Å². The van der Waals surface area contributed by atoms with Crippen molar-refractivity contribution in [3.8, 4) is 0 Å². The first-order chi connectivity index (χ1) is 15.3. The molecule has 0 aliphatic carbocycles. The number of hydrogen-bond donors (Lipinski definition) is 2. The fourth-order valence-electron chi connectivity index (χ4n) is 2.19. The molecule has 0 fully saturated rings. The van der Waals surface area contributed by atoms with Gasteiger partial charge in [0, 0.05) is 21.2 Å². The number of esters is 2. The second kappa shape index (κ2) is 15.2. The lowest BCUT2D eigenvalue weighted by Gasteiger charge is -2.07. The molecule has 0 spiro atoms. The van der Waals surface area contributed by atoms with Crippen molar-refractivity contribution in [3.05, 3.63) is 69.7 Å². The van der Waals surface area contributed by atoms with Gasteiger partial charge in [0.25, 0.3) is 5.91 Å². The number of carbonyl (C=O) groups excluding carboxylic acids is 3. The molecule has 0 bridgehead atoms. The van der Waals surface area contributed by atoms with E-state index in [1.54, 1.807) is 50.2 Å². The molecule has 0 heterocycles. The molecule has 172 valence electrons. The average molecular weight is 499 g/mol. The molecular weight excluding hydrogens is 475 g/mol. The van der Waals surface area contributed by atoms with Gasteiger partial charge in [-0.15, -0.1) is 0 Å². The van der Waals surface area contributed by atoms with Crippen LogP contribution in [0.25, 0.3) is 0 Å². The monoisotopic (exact) mass is 498 g/mol. The lowest BCUT2D eigenvalue weighted by Crippen LogP contribution is -2.30. The van der Waals surface area contributed by atoms with Crippen molar-refractivity contribution < 1.29 is 23.9 Å². The summed E-state index contributed by atoms with van der Waals surface area (Å²) in [4.78, 5) is 34.1. The van der Waals surface area contributed by atoms with Crippen LogP contribution < -0.4 is 10.6 Å². The van der Waals surface area contributed by atoms with Crippen LogP contribution in [0.2, 0.25) is 10.0 Å². The van der Waals surface area contributed by atoms with Gasteiger partial charge in [-0.1, -0.05) is 53.6 Å². The Morgan fingerprint density at radius 2 is 1.28 bits per heavy atom. The van der Waals surface area contributed by atoms with Crippen molar-refractivity contribution in [2.24, 2.45) is 0 Å². The Bertz CT molecular complexity index is 865. The topological polar surface area (TPSA) is 93.7 Å². The van der Waals surface area contributed by atoms with Crippen LogP contribution in [0.15, 0.2) is 48.5 Å². The molecular formula is C22H24Cl2N2O5S. The summed E-state index contributed by atoms with van der Waals surface area (Å²) in [6.07, 6.45) is 0. The van der Waals surface area contributed by atoms with E-state index in [1.807, 2.05) is 6.07 Å². The summed E-state index contributed by atoms with van der Waals surface area (Å²) in [7, 11) is 0. The van der Waals surface area contributed by atoms with Crippen molar-refractivity contribution in [1.82, 2.24) is 10.6 Å². The molecule has 7 nitrogen and oxygen atoms in total. The van der Waals surface area contributed by atoms with Gasteiger partial charge in [-0.05, 0) is 44.2 Å². The number of nitrogens with one attached hydrogen (secondary N) is 2. The zero-order valence-electron chi connectivity index (χ0n) is 17.7. The third kappa shape index (κ3) is 11.1. The van der Waals surface area contributed by atoms with Crippen LogP contribution in [0.5, 0.6) is 0 Å². The fourth-order valence-corrected chi connectivity index (χ4v) is 2.77. The maximum absolute atomic E-state index is 11.5. The number of amides is 1. The van der Waals surface area contributed by atoms with Crippen molar-refractivity contribution in [3.63, 3.8) is 0 Å². The Kier molecular flexibility index (Phi) is 13.0. The molecule has 0 saturated heterocycles. The lowest BCUT2D eigenvalue weighted by atomic mass is 10.2. The summed E-state index contributed by atoms with van der Waals surface area (Å²) in [5, 5.41) is 6.33. The van der Waals surface area contributed by atoms with Gasteiger partial charge in [0.1, 0.15) is 18.1 Å². The third-order valence-electron chi connectivity index (χ3n) is 3.57. The Balaban J connectivity index is 0.000000320. The molecule has 2 aromatic carbocycles. The Labute approximate surface area is 202 Å².